The van der Waals surface area contributed by atoms with Crippen LogP contribution < -0.4 is 15.5 Å². The number of carbonyl (C=O) groups excluding carboxylic acids is 1. The molecule has 1 aromatic carbocycles. The lowest BCUT2D eigenvalue weighted by atomic mass is 10.1. The fraction of sp³-hybridized carbons (Fsp3) is 0.176. The number of amides is 2. The third kappa shape index (κ3) is 3.14. The highest BCUT2D eigenvalue weighted by molar-refractivity contribution is 5.94. The van der Waals surface area contributed by atoms with E-state index in [2.05, 4.69) is 25.7 Å². The Morgan fingerprint density at radius 2 is 2.04 bits per heavy atom. The number of rotatable bonds is 4. The second-order valence-electron chi connectivity index (χ2n) is 5.72. The van der Waals surface area contributed by atoms with Gasteiger partial charge in [0.15, 0.2) is 0 Å². The molecule has 8 nitrogen and oxygen atoms in total. The van der Waals surface area contributed by atoms with Crippen molar-refractivity contribution >= 4 is 23.4 Å². The summed E-state index contributed by atoms with van der Waals surface area (Å²) in [5.41, 5.74) is 3.47. The summed E-state index contributed by atoms with van der Waals surface area (Å²) in [5.74, 6) is 0.508. The van der Waals surface area contributed by atoms with Crippen molar-refractivity contribution in [3.63, 3.8) is 0 Å². The van der Waals surface area contributed by atoms with Crippen molar-refractivity contribution in [2.45, 2.75) is 0 Å². The van der Waals surface area contributed by atoms with Gasteiger partial charge in [-0.1, -0.05) is 12.1 Å². The molecule has 0 bridgehead atoms. The van der Waals surface area contributed by atoms with Gasteiger partial charge in [0, 0.05) is 43.8 Å². The molecule has 1 saturated heterocycles. The molecule has 1 aliphatic rings. The van der Waals surface area contributed by atoms with Gasteiger partial charge in [0.1, 0.15) is 0 Å². The Morgan fingerprint density at radius 1 is 1.20 bits per heavy atom. The van der Waals surface area contributed by atoms with E-state index >= 15 is 0 Å². The molecule has 1 fully saturated rings. The molecule has 25 heavy (non-hydrogen) atoms. The summed E-state index contributed by atoms with van der Waals surface area (Å²) in [6.45, 7) is 1.36. The van der Waals surface area contributed by atoms with Crippen molar-refractivity contribution in [2.75, 3.05) is 23.3 Å². The first-order valence-corrected chi connectivity index (χ1v) is 7.93. The second-order valence-corrected chi connectivity index (χ2v) is 5.72. The van der Waals surface area contributed by atoms with Gasteiger partial charge in [-0.2, -0.15) is 5.10 Å². The number of anilines is 3. The predicted molar refractivity (Wildman–Crippen MR) is 94.7 cm³/mol. The molecule has 2 aromatic heterocycles. The van der Waals surface area contributed by atoms with Crippen molar-refractivity contribution in [2.24, 2.45) is 7.05 Å². The number of nitrogens with one attached hydrogen (secondary N) is 2. The third-order valence-electron chi connectivity index (χ3n) is 3.95. The van der Waals surface area contributed by atoms with Crippen molar-refractivity contribution in [3.8, 4) is 11.3 Å². The van der Waals surface area contributed by atoms with Crippen LogP contribution in [0.4, 0.5) is 22.1 Å². The normalized spacial score (nSPS) is 13.8. The summed E-state index contributed by atoms with van der Waals surface area (Å²) in [5, 5.41) is 10.0. The Kier molecular flexibility index (Phi) is 3.77. The topological polar surface area (TPSA) is 88.0 Å². The Hall–Kier alpha value is -3.42. The Morgan fingerprint density at radius 3 is 2.72 bits per heavy atom. The number of hydrogen-bond donors (Lipinski definition) is 2. The lowest BCUT2D eigenvalue weighted by Crippen LogP contribution is -2.27. The fourth-order valence-corrected chi connectivity index (χ4v) is 2.72. The van der Waals surface area contributed by atoms with Gasteiger partial charge in [0.25, 0.3) is 0 Å². The van der Waals surface area contributed by atoms with E-state index in [0.717, 1.165) is 22.6 Å². The van der Waals surface area contributed by atoms with E-state index in [4.69, 9.17) is 0 Å². The minimum atomic E-state index is -0.0576. The number of aromatic nitrogens is 4. The van der Waals surface area contributed by atoms with E-state index in [-0.39, 0.29) is 6.03 Å². The largest absolute Gasteiger partial charge is 0.336 e. The van der Waals surface area contributed by atoms with Crippen LogP contribution in [0.2, 0.25) is 0 Å². The molecule has 2 N–H and O–H groups in total. The van der Waals surface area contributed by atoms with Crippen LogP contribution in [0, 0.1) is 0 Å². The summed E-state index contributed by atoms with van der Waals surface area (Å²) in [6, 6.07) is 9.56. The molecular weight excluding hydrogens is 318 g/mol. The average molecular weight is 335 g/mol. The van der Waals surface area contributed by atoms with Gasteiger partial charge in [-0.15, -0.1) is 0 Å². The SMILES string of the molecule is Cn1cc(Nc2nccc(-c3ccc(N4CCNC4=O)cc3)n2)cn1. The number of aryl methyl sites for hydroxylation is 1. The molecule has 0 atom stereocenters. The molecule has 2 amide bonds. The van der Waals surface area contributed by atoms with E-state index in [1.165, 1.54) is 0 Å². The summed E-state index contributed by atoms with van der Waals surface area (Å²) in [6.07, 6.45) is 5.28. The number of benzene rings is 1. The van der Waals surface area contributed by atoms with Crippen LogP contribution in [0.15, 0.2) is 48.9 Å². The molecule has 1 aliphatic heterocycles. The Balaban J connectivity index is 1.55. The van der Waals surface area contributed by atoms with Crippen LogP contribution in [0.5, 0.6) is 0 Å². The maximum Gasteiger partial charge on any atom is 0.321 e. The van der Waals surface area contributed by atoms with Crippen LogP contribution in [0.1, 0.15) is 0 Å². The van der Waals surface area contributed by atoms with Crippen LogP contribution in [-0.2, 0) is 7.05 Å². The first-order valence-electron chi connectivity index (χ1n) is 7.93. The molecule has 0 unspecified atom stereocenters. The summed E-state index contributed by atoms with van der Waals surface area (Å²) >= 11 is 0. The van der Waals surface area contributed by atoms with E-state index in [0.29, 0.717) is 19.0 Å². The zero-order valence-electron chi connectivity index (χ0n) is 13.7. The van der Waals surface area contributed by atoms with Gasteiger partial charge in [0.2, 0.25) is 5.95 Å². The average Bonchev–Trinajstić information content (AvgIpc) is 3.23. The predicted octanol–water partition coefficient (Wildman–Crippen LogP) is 2.15. The number of urea groups is 1. The highest BCUT2D eigenvalue weighted by Gasteiger charge is 2.20. The van der Waals surface area contributed by atoms with Gasteiger partial charge < -0.3 is 10.6 Å². The molecule has 4 rings (SSSR count). The van der Waals surface area contributed by atoms with Crippen LogP contribution >= 0.6 is 0 Å². The molecule has 0 radical (unpaired) electrons. The van der Waals surface area contributed by atoms with Crippen molar-refractivity contribution < 1.29 is 4.79 Å². The zero-order chi connectivity index (χ0) is 17.2. The third-order valence-corrected chi connectivity index (χ3v) is 3.95. The molecule has 3 aromatic rings. The number of hydrogen-bond acceptors (Lipinski definition) is 5. The smallest absolute Gasteiger partial charge is 0.321 e. The van der Waals surface area contributed by atoms with Gasteiger partial charge >= 0.3 is 6.03 Å². The van der Waals surface area contributed by atoms with Gasteiger partial charge in [-0.25, -0.2) is 14.8 Å². The van der Waals surface area contributed by atoms with E-state index < -0.39 is 0 Å². The zero-order valence-corrected chi connectivity index (χ0v) is 13.7. The lowest BCUT2D eigenvalue weighted by Gasteiger charge is -2.14. The second kappa shape index (κ2) is 6.23. The fourth-order valence-electron chi connectivity index (χ4n) is 2.72. The van der Waals surface area contributed by atoms with Gasteiger partial charge in [-0.3, -0.25) is 9.58 Å². The minimum absolute atomic E-state index is 0.0576. The molecule has 3 heterocycles. The maximum absolute atomic E-state index is 11.7. The minimum Gasteiger partial charge on any atom is -0.336 e. The van der Waals surface area contributed by atoms with Crippen LogP contribution in [0.25, 0.3) is 11.3 Å². The van der Waals surface area contributed by atoms with Crippen molar-refractivity contribution in [1.82, 2.24) is 25.1 Å². The molecule has 0 spiro atoms. The van der Waals surface area contributed by atoms with Gasteiger partial charge in [-0.05, 0) is 18.2 Å². The molecule has 8 heteroatoms. The molecule has 0 saturated carbocycles. The van der Waals surface area contributed by atoms with Crippen LogP contribution in [0.3, 0.4) is 0 Å². The lowest BCUT2D eigenvalue weighted by molar-refractivity contribution is 0.252. The maximum atomic E-state index is 11.7. The number of nitrogens with zero attached hydrogens (tertiary/aromatic N) is 5. The Labute approximate surface area is 144 Å². The standard InChI is InChI=1S/C17H17N7O/c1-23-11-13(10-20-23)21-16-18-7-6-15(22-16)12-2-4-14(5-3-12)24-9-8-19-17(24)25/h2-7,10-11H,8-9H2,1H3,(H,19,25)(H,18,21,22). The van der Waals surface area contributed by atoms with E-state index in [1.807, 2.05) is 43.6 Å². The first kappa shape index (κ1) is 15.1. The Bertz CT molecular complexity index is 903. The molecule has 0 aliphatic carbocycles. The summed E-state index contributed by atoms with van der Waals surface area (Å²) in [7, 11) is 1.85. The monoisotopic (exact) mass is 335 g/mol. The highest BCUT2D eigenvalue weighted by Crippen LogP contribution is 2.23. The highest BCUT2D eigenvalue weighted by atomic mass is 16.2. The number of carbonyl (C=O) groups is 1. The van der Waals surface area contributed by atoms with Crippen LogP contribution in [-0.4, -0.2) is 38.9 Å². The van der Waals surface area contributed by atoms with Crippen molar-refractivity contribution in [1.29, 1.82) is 0 Å². The quantitative estimate of drug-likeness (QED) is 0.763. The molecular formula is C17H17N7O. The van der Waals surface area contributed by atoms with E-state index in [1.54, 1.807) is 22.0 Å². The van der Waals surface area contributed by atoms with E-state index in [9.17, 15) is 4.79 Å². The van der Waals surface area contributed by atoms with Gasteiger partial charge in [0.05, 0.1) is 17.6 Å². The molecule has 126 valence electrons. The summed E-state index contributed by atoms with van der Waals surface area (Å²) in [4.78, 5) is 22.2. The van der Waals surface area contributed by atoms with Crippen molar-refractivity contribution in [3.05, 3.63) is 48.9 Å². The first-order chi connectivity index (χ1) is 12.2. The summed E-state index contributed by atoms with van der Waals surface area (Å²) < 4.78 is 1.71.